The fraction of sp³-hybridized carbons (Fsp3) is 0.143. The summed E-state index contributed by atoms with van der Waals surface area (Å²) in [5, 5.41) is 1.09. The average Bonchev–Trinajstić information content (AvgIpc) is 3.17. The summed E-state index contributed by atoms with van der Waals surface area (Å²) in [6.45, 7) is 4.14. The number of hydrogen-bond acceptors (Lipinski definition) is 3. The van der Waals surface area contributed by atoms with Gasteiger partial charge in [0.05, 0.1) is 18.3 Å². The number of pyridine rings is 1. The van der Waals surface area contributed by atoms with Gasteiger partial charge >= 0.3 is 0 Å². The minimum atomic E-state index is 0.766. The number of benzene rings is 1. The molecule has 0 radical (unpaired) electrons. The van der Waals surface area contributed by atoms with Crippen molar-refractivity contribution in [3.63, 3.8) is 0 Å². The highest BCUT2D eigenvalue weighted by atomic mass is 16.5. The Morgan fingerprint density at radius 3 is 2.76 bits per heavy atom. The van der Waals surface area contributed by atoms with Gasteiger partial charge in [-0.1, -0.05) is 18.2 Å². The lowest BCUT2D eigenvalue weighted by molar-refractivity contribution is 0.303. The number of methoxy groups -OCH3 is 1. The van der Waals surface area contributed by atoms with E-state index in [-0.39, 0.29) is 0 Å². The number of fused-ring (bicyclic) bond motifs is 1. The molecule has 2 aromatic heterocycles. The molecule has 0 atom stereocenters. The third-order valence-electron chi connectivity index (χ3n) is 4.37. The zero-order valence-corrected chi connectivity index (χ0v) is 14.5. The number of allylic oxidation sites excluding steroid dienone is 1. The second-order valence-electron chi connectivity index (χ2n) is 6.16. The Labute approximate surface area is 146 Å². The van der Waals surface area contributed by atoms with Crippen LogP contribution in [-0.4, -0.2) is 22.8 Å². The minimum Gasteiger partial charge on any atom is -0.494 e. The van der Waals surface area contributed by atoms with Crippen molar-refractivity contribution in [2.45, 2.75) is 13.8 Å². The summed E-state index contributed by atoms with van der Waals surface area (Å²) in [7, 11) is 1.68. The Morgan fingerprint density at radius 2 is 2.00 bits per heavy atom. The van der Waals surface area contributed by atoms with E-state index < -0.39 is 0 Å². The Balaban J connectivity index is 1.83. The first-order valence-corrected chi connectivity index (χ1v) is 8.22. The molecular formula is C21H19N3O. The first kappa shape index (κ1) is 15.4. The number of nitrogens with one attached hydrogen (secondary N) is 1. The largest absolute Gasteiger partial charge is 0.494 e. The van der Waals surface area contributed by atoms with Gasteiger partial charge in [-0.3, -0.25) is 4.98 Å². The molecule has 0 amide bonds. The van der Waals surface area contributed by atoms with Gasteiger partial charge in [0.1, 0.15) is 11.5 Å². The number of hydrogen-bond donors (Lipinski definition) is 1. The molecular weight excluding hydrogens is 310 g/mol. The molecule has 0 unspecified atom stereocenters. The quantitative estimate of drug-likeness (QED) is 0.766. The zero-order valence-electron chi connectivity index (χ0n) is 14.5. The van der Waals surface area contributed by atoms with Crippen LogP contribution in [0.3, 0.4) is 0 Å². The highest BCUT2D eigenvalue weighted by molar-refractivity contribution is 6.18. The van der Waals surface area contributed by atoms with Crippen molar-refractivity contribution in [1.82, 2.24) is 9.97 Å². The van der Waals surface area contributed by atoms with Crippen molar-refractivity contribution in [2.75, 3.05) is 7.11 Å². The first-order chi connectivity index (χ1) is 12.2. The molecule has 4 heteroatoms. The van der Waals surface area contributed by atoms with E-state index in [2.05, 4.69) is 42.0 Å². The molecule has 1 N–H and O–H groups in total. The van der Waals surface area contributed by atoms with Gasteiger partial charge in [0.2, 0.25) is 0 Å². The molecule has 1 aromatic carbocycles. The van der Waals surface area contributed by atoms with Gasteiger partial charge in [-0.05, 0) is 43.7 Å². The van der Waals surface area contributed by atoms with Gasteiger partial charge in [-0.25, -0.2) is 4.99 Å². The monoisotopic (exact) mass is 329 g/mol. The Morgan fingerprint density at radius 1 is 1.12 bits per heavy atom. The van der Waals surface area contributed by atoms with E-state index >= 15 is 0 Å². The fourth-order valence-corrected chi connectivity index (χ4v) is 3.18. The molecule has 0 bridgehead atoms. The zero-order chi connectivity index (χ0) is 17.4. The maximum absolute atomic E-state index is 5.56. The number of aromatic amines is 1. The summed E-state index contributed by atoms with van der Waals surface area (Å²) < 4.78 is 5.56. The number of aromatic nitrogens is 2. The molecule has 0 saturated carbocycles. The third kappa shape index (κ3) is 2.76. The highest BCUT2D eigenvalue weighted by Gasteiger charge is 2.18. The summed E-state index contributed by atoms with van der Waals surface area (Å²) in [6, 6.07) is 12.2. The summed E-state index contributed by atoms with van der Waals surface area (Å²) >= 11 is 0. The molecule has 3 aromatic rings. The maximum Gasteiger partial charge on any atom is 0.146 e. The van der Waals surface area contributed by atoms with Crippen LogP contribution in [0.5, 0.6) is 0 Å². The van der Waals surface area contributed by atoms with Crippen LogP contribution in [0.1, 0.15) is 22.5 Å². The predicted molar refractivity (Wildman–Crippen MR) is 102 cm³/mol. The van der Waals surface area contributed by atoms with E-state index in [1.807, 2.05) is 30.4 Å². The minimum absolute atomic E-state index is 0.766. The van der Waals surface area contributed by atoms with Crippen molar-refractivity contribution in [2.24, 2.45) is 4.99 Å². The average molecular weight is 329 g/mol. The molecule has 25 heavy (non-hydrogen) atoms. The number of H-pyrrole nitrogens is 1. The Hall–Kier alpha value is -3.14. The second-order valence-corrected chi connectivity index (χ2v) is 6.16. The van der Waals surface area contributed by atoms with Crippen LogP contribution in [0.25, 0.3) is 17.0 Å². The van der Waals surface area contributed by atoms with E-state index in [4.69, 9.17) is 9.73 Å². The van der Waals surface area contributed by atoms with Crippen LogP contribution >= 0.6 is 0 Å². The van der Waals surface area contributed by atoms with Gasteiger partial charge < -0.3 is 9.72 Å². The fourth-order valence-electron chi connectivity index (χ4n) is 3.18. The van der Waals surface area contributed by atoms with E-state index in [9.17, 15) is 0 Å². The Bertz CT molecular complexity index is 1050. The number of nitrogens with zero attached hydrogens (tertiary/aromatic N) is 2. The maximum atomic E-state index is 5.56. The molecule has 4 nitrogen and oxygen atoms in total. The number of aliphatic imine (C=N–C) groups is 1. The van der Waals surface area contributed by atoms with Gasteiger partial charge in [0.15, 0.2) is 0 Å². The SMILES string of the molecule is COC1=CC(c2cccc3ncccc23)=NC1=Cc1[nH]c(C)cc1C. The van der Waals surface area contributed by atoms with E-state index in [0.717, 1.165) is 45.0 Å². The molecule has 1 aliphatic heterocycles. The lowest BCUT2D eigenvalue weighted by Crippen LogP contribution is -1.96. The lowest BCUT2D eigenvalue weighted by Gasteiger charge is -2.03. The standard InChI is InChI=1S/C21H19N3O/c1-13-10-14(2)23-18(13)11-20-21(25-3)12-19(24-20)16-6-4-8-17-15(16)7-5-9-22-17/h4-12,23H,1-3H3. The van der Waals surface area contributed by atoms with Gasteiger partial charge in [-0.2, -0.15) is 0 Å². The van der Waals surface area contributed by atoms with Crippen molar-refractivity contribution < 1.29 is 4.74 Å². The van der Waals surface area contributed by atoms with Crippen molar-refractivity contribution >= 4 is 22.7 Å². The summed E-state index contributed by atoms with van der Waals surface area (Å²) in [5.74, 6) is 0.766. The third-order valence-corrected chi connectivity index (χ3v) is 4.37. The van der Waals surface area contributed by atoms with Crippen LogP contribution in [0.4, 0.5) is 0 Å². The number of aryl methyl sites for hydroxylation is 2. The molecule has 0 aliphatic carbocycles. The van der Waals surface area contributed by atoms with Gasteiger partial charge in [0.25, 0.3) is 0 Å². The van der Waals surface area contributed by atoms with Crippen molar-refractivity contribution in [3.05, 3.63) is 82.6 Å². The van der Waals surface area contributed by atoms with E-state index in [0.29, 0.717) is 0 Å². The molecule has 1 aliphatic rings. The molecule has 124 valence electrons. The van der Waals surface area contributed by atoms with Crippen molar-refractivity contribution in [1.29, 1.82) is 0 Å². The second kappa shape index (κ2) is 6.06. The number of ether oxygens (including phenoxy) is 1. The summed E-state index contributed by atoms with van der Waals surface area (Å²) in [5.41, 5.74) is 7.12. The molecule has 0 saturated heterocycles. The van der Waals surface area contributed by atoms with Crippen LogP contribution < -0.4 is 0 Å². The number of rotatable bonds is 3. The van der Waals surface area contributed by atoms with E-state index in [1.165, 1.54) is 5.56 Å². The predicted octanol–water partition coefficient (Wildman–Crippen LogP) is 4.55. The van der Waals surface area contributed by atoms with Crippen LogP contribution in [0, 0.1) is 13.8 Å². The molecule has 0 spiro atoms. The topological polar surface area (TPSA) is 50.3 Å². The Kier molecular flexibility index (Phi) is 3.73. The van der Waals surface area contributed by atoms with Gasteiger partial charge in [-0.15, -0.1) is 0 Å². The highest BCUT2D eigenvalue weighted by Crippen LogP contribution is 2.28. The normalized spacial score (nSPS) is 15.6. The van der Waals surface area contributed by atoms with Crippen molar-refractivity contribution in [3.8, 4) is 0 Å². The van der Waals surface area contributed by atoms with Crippen LogP contribution in [0.2, 0.25) is 0 Å². The smallest absolute Gasteiger partial charge is 0.146 e. The lowest BCUT2D eigenvalue weighted by atomic mass is 10.0. The first-order valence-electron chi connectivity index (χ1n) is 8.22. The summed E-state index contributed by atoms with van der Waals surface area (Å²) in [4.78, 5) is 12.6. The van der Waals surface area contributed by atoms with E-state index in [1.54, 1.807) is 13.3 Å². The molecule has 3 heterocycles. The van der Waals surface area contributed by atoms with Crippen LogP contribution in [-0.2, 0) is 4.74 Å². The van der Waals surface area contributed by atoms with Gasteiger partial charge in [0, 0.05) is 34.6 Å². The molecule has 4 rings (SSSR count). The van der Waals surface area contributed by atoms with Crippen LogP contribution in [0.15, 0.2) is 65.1 Å². The molecule has 0 fully saturated rings. The summed E-state index contributed by atoms with van der Waals surface area (Å²) in [6.07, 6.45) is 5.83.